The molecule has 0 saturated carbocycles. The number of rotatable bonds is 4. The molecule has 1 N–H and O–H groups in total. The Kier molecular flexibility index (Phi) is 3.91. The zero-order valence-electron chi connectivity index (χ0n) is 10.4. The van der Waals surface area contributed by atoms with Crippen LogP contribution in [0, 0.1) is 0 Å². The maximum absolute atomic E-state index is 5.84. The second kappa shape index (κ2) is 4.82. The summed E-state index contributed by atoms with van der Waals surface area (Å²) in [4.78, 5) is 14.3. The van der Waals surface area contributed by atoms with Gasteiger partial charge in [-0.15, -0.1) is 0 Å². The van der Waals surface area contributed by atoms with Crippen molar-refractivity contribution in [3.63, 3.8) is 0 Å². The molecule has 90 valence electrons. The third-order valence-electron chi connectivity index (χ3n) is 2.89. The summed E-state index contributed by atoms with van der Waals surface area (Å²) >= 11 is 5.84. The number of nitrogens with zero attached hydrogens (tertiary/aromatic N) is 4. The van der Waals surface area contributed by atoms with Crippen molar-refractivity contribution in [3.05, 3.63) is 5.28 Å². The Morgan fingerprint density at radius 2 is 1.94 bits per heavy atom. The van der Waals surface area contributed by atoms with Crippen molar-refractivity contribution >= 4 is 23.5 Å². The van der Waals surface area contributed by atoms with Crippen LogP contribution < -0.4 is 10.2 Å². The third-order valence-corrected chi connectivity index (χ3v) is 3.06. The lowest BCUT2D eigenvalue weighted by molar-refractivity contribution is 0.463. The van der Waals surface area contributed by atoms with Crippen molar-refractivity contribution in [2.24, 2.45) is 0 Å². The molecule has 0 bridgehead atoms. The summed E-state index contributed by atoms with van der Waals surface area (Å²) < 4.78 is 0. The molecule has 0 spiro atoms. The Labute approximate surface area is 101 Å². The van der Waals surface area contributed by atoms with Crippen LogP contribution in [0.1, 0.15) is 27.2 Å². The summed E-state index contributed by atoms with van der Waals surface area (Å²) in [7, 11) is 3.70. The second-order valence-electron chi connectivity index (χ2n) is 4.20. The van der Waals surface area contributed by atoms with Crippen LogP contribution in [0.4, 0.5) is 11.9 Å². The number of aromatic nitrogens is 3. The largest absolute Gasteiger partial charge is 0.357 e. The van der Waals surface area contributed by atoms with Crippen LogP contribution in [0.2, 0.25) is 5.28 Å². The molecule has 0 radical (unpaired) electrons. The smallest absolute Gasteiger partial charge is 0.231 e. The Balaban J connectivity index is 3.08. The topological polar surface area (TPSA) is 53.9 Å². The van der Waals surface area contributed by atoms with Gasteiger partial charge in [0.25, 0.3) is 0 Å². The summed E-state index contributed by atoms with van der Waals surface area (Å²) in [6.45, 7) is 6.38. The summed E-state index contributed by atoms with van der Waals surface area (Å²) in [5.41, 5.74) is -0.0182. The molecule has 5 nitrogen and oxygen atoms in total. The Bertz CT molecular complexity index is 366. The second-order valence-corrected chi connectivity index (χ2v) is 4.54. The predicted octanol–water partition coefficient (Wildman–Crippen LogP) is 2.19. The number of anilines is 2. The van der Waals surface area contributed by atoms with E-state index in [2.05, 4.69) is 41.0 Å². The van der Waals surface area contributed by atoms with Gasteiger partial charge in [0.15, 0.2) is 0 Å². The van der Waals surface area contributed by atoms with Crippen molar-refractivity contribution in [1.29, 1.82) is 0 Å². The van der Waals surface area contributed by atoms with E-state index >= 15 is 0 Å². The standard InChI is InChI=1S/C10H18ClN5/c1-6-10(2,3)16(5)9-14-7(11)13-8(12-4)15-9/h6H2,1-5H3,(H,12,13,14,15). The van der Waals surface area contributed by atoms with Gasteiger partial charge >= 0.3 is 0 Å². The molecule has 1 heterocycles. The molecule has 0 aliphatic carbocycles. The minimum Gasteiger partial charge on any atom is -0.357 e. The van der Waals surface area contributed by atoms with Crippen LogP contribution in [-0.2, 0) is 0 Å². The first-order valence-corrected chi connectivity index (χ1v) is 5.61. The molecule has 16 heavy (non-hydrogen) atoms. The Morgan fingerprint density at radius 1 is 1.31 bits per heavy atom. The maximum Gasteiger partial charge on any atom is 0.231 e. The van der Waals surface area contributed by atoms with Crippen LogP contribution in [-0.4, -0.2) is 34.6 Å². The van der Waals surface area contributed by atoms with Crippen LogP contribution in [0.15, 0.2) is 0 Å². The average molecular weight is 244 g/mol. The molecule has 1 aromatic heterocycles. The van der Waals surface area contributed by atoms with Gasteiger partial charge in [-0.3, -0.25) is 0 Å². The fourth-order valence-electron chi connectivity index (χ4n) is 1.11. The van der Waals surface area contributed by atoms with Crippen LogP contribution in [0.3, 0.4) is 0 Å². The number of hydrogen-bond donors (Lipinski definition) is 1. The summed E-state index contributed by atoms with van der Waals surface area (Å²) in [5, 5.41) is 3.06. The molecule has 6 heteroatoms. The Hall–Kier alpha value is -1.10. The van der Waals surface area contributed by atoms with Crippen molar-refractivity contribution in [2.45, 2.75) is 32.7 Å². The molecular weight excluding hydrogens is 226 g/mol. The first-order valence-electron chi connectivity index (χ1n) is 5.24. The highest BCUT2D eigenvalue weighted by Crippen LogP contribution is 2.22. The number of nitrogens with one attached hydrogen (secondary N) is 1. The van der Waals surface area contributed by atoms with Crippen LogP contribution in [0.25, 0.3) is 0 Å². The maximum atomic E-state index is 5.84. The number of halogens is 1. The van der Waals surface area contributed by atoms with Crippen molar-refractivity contribution < 1.29 is 0 Å². The fourth-order valence-corrected chi connectivity index (χ4v) is 1.26. The van der Waals surface area contributed by atoms with Crippen LogP contribution >= 0.6 is 11.6 Å². The van der Waals surface area contributed by atoms with Crippen molar-refractivity contribution in [1.82, 2.24) is 15.0 Å². The highest BCUT2D eigenvalue weighted by atomic mass is 35.5. The molecule has 1 rings (SSSR count). The highest BCUT2D eigenvalue weighted by molar-refractivity contribution is 6.28. The van der Waals surface area contributed by atoms with E-state index in [1.807, 2.05) is 11.9 Å². The summed E-state index contributed by atoms with van der Waals surface area (Å²) in [6.07, 6.45) is 0.988. The Morgan fingerprint density at radius 3 is 2.44 bits per heavy atom. The van der Waals surface area contributed by atoms with E-state index in [9.17, 15) is 0 Å². The van der Waals surface area contributed by atoms with Gasteiger partial charge in [0.05, 0.1) is 0 Å². The van der Waals surface area contributed by atoms with Gasteiger partial charge in [-0.05, 0) is 31.9 Å². The predicted molar refractivity (Wildman–Crippen MR) is 67.2 cm³/mol. The van der Waals surface area contributed by atoms with Crippen LogP contribution in [0.5, 0.6) is 0 Å². The molecule has 0 unspecified atom stereocenters. The first kappa shape index (κ1) is 13.0. The molecule has 1 aromatic rings. The molecule has 0 amide bonds. The molecule has 0 aliphatic rings. The van der Waals surface area contributed by atoms with Crippen molar-refractivity contribution in [3.8, 4) is 0 Å². The van der Waals surface area contributed by atoms with E-state index in [1.54, 1.807) is 7.05 Å². The normalized spacial score (nSPS) is 11.4. The van der Waals surface area contributed by atoms with Gasteiger partial charge in [-0.2, -0.15) is 15.0 Å². The monoisotopic (exact) mass is 243 g/mol. The molecule has 0 fully saturated rings. The highest BCUT2D eigenvalue weighted by Gasteiger charge is 2.24. The zero-order valence-corrected chi connectivity index (χ0v) is 11.1. The van der Waals surface area contributed by atoms with E-state index in [1.165, 1.54) is 0 Å². The molecular formula is C10H18ClN5. The minimum atomic E-state index is -0.0182. The lowest BCUT2D eigenvalue weighted by Gasteiger charge is -2.34. The van der Waals surface area contributed by atoms with Gasteiger partial charge in [0, 0.05) is 19.6 Å². The van der Waals surface area contributed by atoms with Gasteiger partial charge in [-0.1, -0.05) is 6.92 Å². The van der Waals surface area contributed by atoms with Gasteiger partial charge in [0.1, 0.15) is 0 Å². The van der Waals surface area contributed by atoms with E-state index in [-0.39, 0.29) is 10.8 Å². The molecule has 0 atom stereocenters. The summed E-state index contributed by atoms with van der Waals surface area (Å²) in [6, 6.07) is 0. The van der Waals surface area contributed by atoms with E-state index in [4.69, 9.17) is 11.6 Å². The first-order chi connectivity index (χ1) is 7.40. The summed E-state index contributed by atoms with van der Waals surface area (Å²) in [5.74, 6) is 1.06. The third kappa shape index (κ3) is 2.72. The quantitative estimate of drug-likeness (QED) is 0.879. The minimum absolute atomic E-state index is 0.0182. The van der Waals surface area contributed by atoms with Gasteiger partial charge in [-0.25, -0.2) is 0 Å². The molecule has 0 saturated heterocycles. The molecule has 0 aromatic carbocycles. The van der Waals surface area contributed by atoms with Gasteiger partial charge in [0.2, 0.25) is 17.2 Å². The van der Waals surface area contributed by atoms with Crippen molar-refractivity contribution in [2.75, 3.05) is 24.3 Å². The average Bonchev–Trinajstić information content (AvgIpc) is 2.27. The lowest BCUT2D eigenvalue weighted by atomic mass is 10.0. The lowest BCUT2D eigenvalue weighted by Crippen LogP contribution is -2.41. The van der Waals surface area contributed by atoms with Gasteiger partial charge < -0.3 is 10.2 Å². The van der Waals surface area contributed by atoms with E-state index < -0.39 is 0 Å². The number of hydrogen-bond acceptors (Lipinski definition) is 5. The molecule has 0 aliphatic heterocycles. The van der Waals surface area contributed by atoms with E-state index in [0.717, 1.165) is 6.42 Å². The zero-order chi connectivity index (χ0) is 12.3. The fraction of sp³-hybridized carbons (Fsp3) is 0.700. The SMILES string of the molecule is CCC(C)(C)N(C)c1nc(Cl)nc(NC)n1. The van der Waals surface area contributed by atoms with E-state index in [0.29, 0.717) is 11.9 Å².